The quantitative estimate of drug-likeness (QED) is 0.550. The second-order valence-corrected chi connectivity index (χ2v) is 6.57. The lowest BCUT2D eigenvalue weighted by Crippen LogP contribution is -2.57. The number of nitrogens with zero attached hydrogens (tertiary/aromatic N) is 1. The molecule has 1 spiro atoms. The molecule has 1 atom stereocenters. The Labute approximate surface area is 143 Å². The average molecular weight is 343 g/mol. The number of ether oxygens (including phenoxy) is 1. The van der Waals surface area contributed by atoms with Gasteiger partial charge < -0.3 is 15.0 Å². The van der Waals surface area contributed by atoms with Crippen molar-refractivity contribution in [3.8, 4) is 0 Å². The summed E-state index contributed by atoms with van der Waals surface area (Å²) in [4.78, 5) is 49.7. The molecular formula is C17H17N3O5. The number of urea groups is 1. The maximum absolute atomic E-state index is 12.7. The van der Waals surface area contributed by atoms with Gasteiger partial charge in [0.2, 0.25) is 0 Å². The van der Waals surface area contributed by atoms with E-state index in [1.807, 2.05) is 12.1 Å². The minimum absolute atomic E-state index is 0.262. The molecule has 0 unspecified atom stereocenters. The predicted octanol–water partition coefficient (Wildman–Crippen LogP) is -0.0313. The van der Waals surface area contributed by atoms with E-state index < -0.39 is 23.6 Å². The summed E-state index contributed by atoms with van der Waals surface area (Å²) in [5.41, 5.74) is 0.367. The molecule has 4 rings (SSSR count). The van der Waals surface area contributed by atoms with Crippen LogP contribution in [0, 0.1) is 0 Å². The standard InChI is InChI=1S/C17H17N3O5/c21-13(12-9-10-3-1-2-4-11(10)14(22)25-12)20-7-5-17(6-8-20)15(23)18-16(24)19-17/h1-4,12H,5-9H2,(H2,18,19,23,24)/t12-/m0/s1. The smallest absolute Gasteiger partial charge is 0.339 e. The van der Waals surface area contributed by atoms with Crippen LogP contribution < -0.4 is 10.6 Å². The summed E-state index contributed by atoms with van der Waals surface area (Å²) in [5.74, 6) is -1.10. The SMILES string of the molecule is O=C1NC(=O)C2(CCN(C(=O)[C@@H]3Cc4ccccc4C(=O)O3)CC2)N1. The predicted molar refractivity (Wildman–Crippen MR) is 84.6 cm³/mol. The zero-order chi connectivity index (χ0) is 17.6. The van der Waals surface area contributed by atoms with Crippen LogP contribution in [0.25, 0.3) is 0 Å². The van der Waals surface area contributed by atoms with E-state index >= 15 is 0 Å². The van der Waals surface area contributed by atoms with Gasteiger partial charge in [-0.25, -0.2) is 9.59 Å². The van der Waals surface area contributed by atoms with Gasteiger partial charge in [0.25, 0.3) is 11.8 Å². The van der Waals surface area contributed by atoms with E-state index in [1.165, 1.54) is 0 Å². The number of nitrogens with one attached hydrogen (secondary N) is 2. The molecular weight excluding hydrogens is 326 g/mol. The number of piperidine rings is 1. The number of esters is 1. The number of hydrogen-bond donors (Lipinski definition) is 2. The molecule has 3 aliphatic heterocycles. The van der Waals surface area contributed by atoms with Crippen molar-refractivity contribution < 1.29 is 23.9 Å². The van der Waals surface area contributed by atoms with E-state index in [1.54, 1.807) is 17.0 Å². The van der Waals surface area contributed by atoms with Crippen LogP contribution in [0.3, 0.4) is 0 Å². The molecule has 25 heavy (non-hydrogen) atoms. The molecule has 1 aromatic carbocycles. The first-order chi connectivity index (χ1) is 12.0. The maximum Gasteiger partial charge on any atom is 0.339 e. The fraction of sp³-hybridized carbons (Fsp3) is 0.412. The number of imide groups is 1. The van der Waals surface area contributed by atoms with Gasteiger partial charge in [0, 0.05) is 19.5 Å². The van der Waals surface area contributed by atoms with Crippen LogP contribution in [0.5, 0.6) is 0 Å². The molecule has 3 aliphatic rings. The summed E-state index contributed by atoms with van der Waals surface area (Å²) in [7, 11) is 0. The Bertz CT molecular complexity index is 782. The van der Waals surface area contributed by atoms with Crippen LogP contribution >= 0.6 is 0 Å². The lowest BCUT2D eigenvalue weighted by molar-refractivity contribution is -0.144. The van der Waals surface area contributed by atoms with Gasteiger partial charge in [0.1, 0.15) is 5.54 Å². The van der Waals surface area contributed by atoms with Gasteiger partial charge in [0.15, 0.2) is 6.10 Å². The minimum Gasteiger partial charge on any atom is -0.448 e. The van der Waals surface area contributed by atoms with Crippen LogP contribution in [-0.2, 0) is 20.7 Å². The van der Waals surface area contributed by atoms with Crippen molar-refractivity contribution in [1.29, 1.82) is 0 Å². The average Bonchev–Trinajstić information content (AvgIpc) is 2.88. The number of hydrogen-bond acceptors (Lipinski definition) is 5. The molecule has 0 saturated carbocycles. The Balaban J connectivity index is 1.44. The van der Waals surface area contributed by atoms with Crippen molar-refractivity contribution >= 4 is 23.8 Å². The van der Waals surface area contributed by atoms with E-state index in [0.29, 0.717) is 37.9 Å². The third kappa shape index (κ3) is 2.54. The van der Waals surface area contributed by atoms with Crippen LogP contribution in [-0.4, -0.2) is 53.4 Å². The maximum atomic E-state index is 12.7. The molecule has 2 fully saturated rings. The Hall–Kier alpha value is -2.90. The van der Waals surface area contributed by atoms with Gasteiger partial charge in [-0.15, -0.1) is 0 Å². The topological polar surface area (TPSA) is 105 Å². The van der Waals surface area contributed by atoms with Gasteiger partial charge in [-0.05, 0) is 24.5 Å². The monoisotopic (exact) mass is 343 g/mol. The second kappa shape index (κ2) is 5.58. The highest BCUT2D eigenvalue weighted by atomic mass is 16.5. The summed E-state index contributed by atoms with van der Waals surface area (Å²) in [5, 5.41) is 4.89. The first-order valence-corrected chi connectivity index (χ1v) is 8.20. The van der Waals surface area contributed by atoms with Crippen molar-refractivity contribution in [3.63, 3.8) is 0 Å². The van der Waals surface area contributed by atoms with E-state index in [0.717, 1.165) is 5.56 Å². The lowest BCUT2D eigenvalue weighted by Gasteiger charge is -2.38. The second-order valence-electron chi connectivity index (χ2n) is 6.57. The molecule has 0 bridgehead atoms. The molecule has 0 radical (unpaired) electrons. The van der Waals surface area contributed by atoms with Gasteiger partial charge in [-0.3, -0.25) is 14.9 Å². The van der Waals surface area contributed by atoms with Gasteiger partial charge in [-0.2, -0.15) is 0 Å². The van der Waals surface area contributed by atoms with Crippen molar-refractivity contribution in [2.75, 3.05) is 13.1 Å². The number of carbonyl (C=O) groups is 4. The van der Waals surface area contributed by atoms with Crippen LogP contribution in [0.15, 0.2) is 24.3 Å². The molecule has 0 aliphatic carbocycles. The van der Waals surface area contributed by atoms with Crippen molar-refractivity contribution in [3.05, 3.63) is 35.4 Å². The summed E-state index contributed by atoms with van der Waals surface area (Å²) >= 11 is 0. The minimum atomic E-state index is -0.927. The molecule has 130 valence electrons. The molecule has 1 aromatic rings. The van der Waals surface area contributed by atoms with E-state index in [9.17, 15) is 19.2 Å². The number of fused-ring (bicyclic) bond motifs is 1. The molecule has 4 amide bonds. The third-order valence-corrected chi connectivity index (χ3v) is 5.11. The number of carbonyl (C=O) groups excluding carboxylic acids is 4. The Morgan fingerprint density at radius 1 is 1.16 bits per heavy atom. The number of rotatable bonds is 1. The first kappa shape index (κ1) is 15.6. The highest BCUT2D eigenvalue weighted by Crippen LogP contribution is 2.27. The molecule has 8 heteroatoms. The number of likely N-dealkylation sites (tertiary alicyclic amines) is 1. The first-order valence-electron chi connectivity index (χ1n) is 8.20. The normalized spacial score (nSPS) is 24.4. The molecule has 3 heterocycles. The zero-order valence-corrected chi connectivity index (χ0v) is 13.4. The van der Waals surface area contributed by atoms with Crippen molar-refractivity contribution in [2.45, 2.75) is 30.9 Å². The third-order valence-electron chi connectivity index (χ3n) is 5.11. The van der Waals surface area contributed by atoms with Crippen LogP contribution in [0.1, 0.15) is 28.8 Å². The summed E-state index contributed by atoms with van der Waals surface area (Å²) in [6, 6.07) is 6.59. The number of cyclic esters (lactones) is 1. The zero-order valence-electron chi connectivity index (χ0n) is 13.4. The van der Waals surface area contributed by atoms with E-state index in [4.69, 9.17) is 4.74 Å². The van der Waals surface area contributed by atoms with Crippen LogP contribution in [0.4, 0.5) is 4.79 Å². The Morgan fingerprint density at radius 2 is 1.88 bits per heavy atom. The summed E-state index contributed by atoms with van der Waals surface area (Å²) in [6.45, 7) is 0.643. The summed E-state index contributed by atoms with van der Waals surface area (Å²) < 4.78 is 5.30. The highest BCUT2D eigenvalue weighted by molar-refractivity contribution is 6.07. The fourth-order valence-corrected chi connectivity index (χ4v) is 3.66. The number of benzene rings is 1. The largest absolute Gasteiger partial charge is 0.448 e. The summed E-state index contributed by atoms with van der Waals surface area (Å²) in [6.07, 6.45) is 0.184. The molecule has 2 N–H and O–H groups in total. The fourth-order valence-electron chi connectivity index (χ4n) is 3.66. The highest BCUT2D eigenvalue weighted by Gasteiger charge is 2.49. The lowest BCUT2D eigenvalue weighted by atomic mass is 9.87. The van der Waals surface area contributed by atoms with Gasteiger partial charge >= 0.3 is 12.0 Å². The molecule has 0 aromatic heterocycles. The van der Waals surface area contributed by atoms with Gasteiger partial charge in [0.05, 0.1) is 5.56 Å². The van der Waals surface area contributed by atoms with E-state index in [-0.39, 0.29) is 11.8 Å². The van der Waals surface area contributed by atoms with Crippen molar-refractivity contribution in [1.82, 2.24) is 15.5 Å². The van der Waals surface area contributed by atoms with Gasteiger partial charge in [-0.1, -0.05) is 18.2 Å². The van der Waals surface area contributed by atoms with Crippen molar-refractivity contribution in [2.24, 2.45) is 0 Å². The van der Waals surface area contributed by atoms with Crippen LogP contribution in [0.2, 0.25) is 0 Å². The van der Waals surface area contributed by atoms with E-state index in [2.05, 4.69) is 10.6 Å². The molecule has 2 saturated heterocycles. The Kier molecular flexibility index (Phi) is 3.48. The molecule has 8 nitrogen and oxygen atoms in total. The number of amides is 4. The Morgan fingerprint density at radius 3 is 2.56 bits per heavy atom.